The third-order valence-corrected chi connectivity index (χ3v) is 4.86. The first-order chi connectivity index (χ1) is 13.6. The summed E-state index contributed by atoms with van der Waals surface area (Å²) in [4.78, 5) is 32.9. The molecule has 12 heteroatoms. The lowest BCUT2D eigenvalue weighted by molar-refractivity contribution is -0.384. The van der Waals surface area contributed by atoms with E-state index < -0.39 is 28.0 Å². The van der Waals surface area contributed by atoms with E-state index in [0.29, 0.717) is 10.6 Å². The van der Waals surface area contributed by atoms with Crippen molar-refractivity contribution in [2.75, 3.05) is 22.9 Å². The number of carbonyl (C=O) groups excluding carboxylic acids is 1. The zero-order chi connectivity index (χ0) is 21.3. The lowest BCUT2D eigenvalue weighted by Crippen LogP contribution is -2.40. The van der Waals surface area contributed by atoms with Gasteiger partial charge in [-0.15, -0.1) is 0 Å². The van der Waals surface area contributed by atoms with Crippen molar-refractivity contribution in [2.24, 2.45) is 0 Å². The van der Waals surface area contributed by atoms with Crippen LogP contribution in [-0.2, 0) is 4.79 Å². The molecular formula is C17H15BrF3N5O3. The number of rotatable bonds is 5. The second-order valence-corrected chi connectivity index (χ2v) is 7.41. The van der Waals surface area contributed by atoms with Crippen molar-refractivity contribution < 1.29 is 22.9 Å². The van der Waals surface area contributed by atoms with E-state index in [-0.39, 0.29) is 48.6 Å². The Kier molecular flexibility index (Phi) is 5.73. The fourth-order valence-corrected chi connectivity index (χ4v) is 3.40. The van der Waals surface area contributed by atoms with Gasteiger partial charge < -0.3 is 4.90 Å². The smallest absolute Gasteiger partial charge is 0.297 e. The average molecular weight is 474 g/mol. The van der Waals surface area contributed by atoms with Gasteiger partial charge in [-0.2, -0.15) is 4.98 Å². The van der Waals surface area contributed by atoms with Gasteiger partial charge >= 0.3 is 0 Å². The molecule has 1 aromatic carbocycles. The molecule has 0 radical (unpaired) electrons. The van der Waals surface area contributed by atoms with Crippen LogP contribution in [0.15, 0.2) is 22.7 Å². The second-order valence-electron chi connectivity index (χ2n) is 6.50. The number of benzene rings is 1. The monoisotopic (exact) mass is 473 g/mol. The quantitative estimate of drug-likeness (QED) is 0.368. The molecule has 154 valence electrons. The van der Waals surface area contributed by atoms with Crippen molar-refractivity contribution in [3.05, 3.63) is 44.3 Å². The highest BCUT2D eigenvalue weighted by atomic mass is 79.9. The van der Waals surface area contributed by atoms with Crippen LogP contribution >= 0.6 is 15.9 Å². The molecule has 3 rings (SSSR count). The normalized spacial score (nSPS) is 15.8. The topological polar surface area (TPSA) is 92.5 Å². The summed E-state index contributed by atoms with van der Waals surface area (Å²) in [6.45, 7) is 1.59. The van der Waals surface area contributed by atoms with Crippen LogP contribution in [-0.4, -0.2) is 40.3 Å². The van der Waals surface area contributed by atoms with Crippen LogP contribution in [0.25, 0.3) is 0 Å². The summed E-state index contributed by atoms with van der Waals surface area (Å²) in [6, 6.07) is 3.40. The van der Waals surface area contributed by atoms with Gasteiger partial charge in [-0.3, -0.25) is 19.8 Å². The molecule has 0 atom stereocenters. The number of hydrogen-bond donors (Lipinski definition) is 0. The number of carbonyl (C=O) groups is 1. The molecule has 1 aromatic heterocycles. The zero-order valence-corrected chi connectivity index (χ0v) is 16.7. The van der Waals surface area contributed by atoms with Crippen molar-refractivity contribution >= 4 is 45.5 Å². The molecule has 0 bridgehead atoms. The Morgan fingerprint density at radius 3 is 2.52 bits per heavy atom. The Morgan fingerprint density at radius 1 is 1.28 bits per heavy atom. The first-order valence-electron chi connectivity index (χ1n) is 8.48. The highest BCUT2D eigenvalue weighted by molar-refractivity contribution is 9.10. The summed E-state index contributed by atoms with van der Waals surface area (Å²) >= 11 is 2.98. The van der Waals surface area contributed by atoms with E-state index in [1.54, 1.807) is 6.92 Å². The number of aryl methyl sites for hydroxylation is 1. The highest BCUT2D eigenvalue weighted by Gasteiger charge is 2.35. The Balaban J connectivity index is 2.05. The molecule has 8 nitrogen and oxygen atoms in total. The number of hydrogen-bond acceptors (Lipinski definition) is 6. The van der Waals surface area contributed by atoms with Crippen molar-refractivity contribution in [1.82, 2.24) is 9.97 Å². The number of anilines is 3. The molecule has 1 aliphatic heterocycles. The van der Waals surface area contributed by atoms with Gasteiger partial charge in [0.2, 0.25) is 12.4 Å². The number of alkyl halides is 2. The maximum absolute atomic E-state index is 14.6. The second kappa shape index (κ2) is 7.93. The van der Waals surface area contributed by atoms with Crippen LogP contribution in [0.5, 0.6) is 0 Å². The molecule has 2 heterocycles. The predicted octanol–water partition coefficient (Wildman–Crippen LogP) is 4.12. The molecule has 1 saturated heterocycles. The first-order valence-corrected chi connectivity index (χ1v) is 9.27. The number of aromatic nitrogens is 2. The average Bonchev–Trinajstić information content (AvgIpc) is 2.63. The summed E-state index contributed by atoms with van der Waals surface area (Å²) in [6.07, 6.45) is -0.539. The van der Waals surface area contributed by atoms with Crippen LogP contribution in [0.1, 0.15) is 18.5 Å². The fourth-order valence-electron chi connectivity index (χ4n) is 2.99. The number of piperidine rings is 1. The predicted molar refractivity (Wildman–Crippen MR) is 102 cm³/mol. The molecule has 0 aliphatic carbocycles. The number of amides is 1. The van der Waals surface area contributed by atoms with Gasteiger partial charge in [-0.05, 0) is 13.0 Å². The minimum absolute atomic E-state index is 0.00375. The Bertz CT molecular complexity index is 966. The van der Waals surface area contributed by atoms with E-state index in [4.69, 9.17) is 0 Å². The van der Waals surface area contributed by atoms with E-state index in [2.05, 4.69) is 25.9 Å². The molecule has 1 fully saturated rings. The third-order valence-electron chi connectivity index (χ3n) is 4.40. The summed E-state index contributed by atoms with van der Waals surface area (Å²) in [5, 5.41) is 11.4. The standard InChI is InChI=1S/C17H15BrF3N5O3/c1-10-6-14(23-16(22-10)24-4-2-17(20,21)3-5-24)25(9-27)15-12(19)7-11(18)8-13(15)26(28)29/h6-9H,2-5H2,1H3. The van der Waals surface area contributed by atoms with Gasteiger partial charge in [0.05, 0.1) is 4.92 Å². The van der Waals surface area contributed by atoms with Gasteiger partial charge in [0, 0.05) is 48.2 Å². The third kappa shape index (κ3) is 4.47. The molecule has 0 N–H and O–H groups in total. The largest absolute Gasteiger partial charge is 0.340 e. The maximum atomic E-state index is 14.6. The van der Waals surface area contributed by atoms with Gasteiger partial charge in [0.1, 0.15) is 5.82 Å². The first kappa shape index (κ1) is 21.0. The lowest BCUT2D eigenvalue weighted by atomic mass is 10.1. The number of nitro benzene ring substituents is 1. The highest BCUT2D eigenvalue weighted by Crippen LogP contribution is 2.38. The minimum atomic E-state index is -2.76. The molecule has 1 aliphatic rings. The summed E-state index contributed by atoms with van der Waals surface area (Å²) in [5.41, 5.74) is -0.837. The number of nitrogens with zero attached hydrogens (tertiary/aromatic N) is 5. The zero-order valence-electron chi connectivity index (χ0n) is 15.1. The molecule has 1 amide bonds. The fraction of sp³-hybridized carbons (Fsp3) is 0.353. The van der Waals surface area contributed by atoms with Crippen LogP contribution in [0, 0.1) is 22.9 Å². The Hall–Kier alpha value is -2.76. The SMILES string of the molecule is Cc1cc(N(C=O)c2c(F)cc(Br)cc2[N+](=O)[O-])nc(N2CCC(F)(F)CC2)n1. The Labute approximate surface area is 171 Å². The molecule has 0 saturated carbocycles. The number of halogens is 4. The van der Waals surface area contributed by atoms with Crippen LogP contribution in [0.3, 0.4) is 0 Å². The van der Waals surface area contributed by atoms with Crippen LogP contribution in [0.4, 0.5) is 36.3 Å². The molecule has 0 spiro atoms. The van der Waals surface area contributed by atoms with E-state index in [1.807, 2.05) is 0 Å². The van der Waals surface area contributed by atoms with Crippen molar-refractivity contribution in [3.8, 4) is 0 Å². The van der Waals surface area contributed by atoms with E-state index in [1.165, 1.54) is 11.0 Å². The van der Waals surface area contributed by atoms with Crippen LogP contribution < -0.4 is 9.80 Å². The Morgan fingerprint density at radius 2 is 1.93 bits per heavy atom. The summed E-state index contributed by atoms with van der Waals surface area (Å²) in [7, 11) is 0. The maximum Gasteiger partial charge on any atom is 0.297 e. The number of nitro groups is 1. The minimum Gasteiger partial charge on any atom is -0.340 e. The molecular weight excluding hydrogens is 459 g/mol. The lowest BCUT2D eigenvalue weighted by Gasteiger charge is -2.32. The van der Waals surface area contributed by atoms with E-state index >= 15 is 0 Å². The molecule has 2 aromatic rings. The molecule has 29 heavy (non-hydrogen) atoms. The van der Waals surface area contributed by atoms with Crippen molar-refractivity contribution in [3.63, 3.8) is 0 Å². The van der Waals surface area contributed by atoms with Gasteiger partial charge in [-0.25, -0.2) is 18.2 Å². The van der Waals surface area contributed by atoms with Gasteiger partial charge in [-0.1, -0.05) is 15.9 Å². The van der Waals surface area contributed by atoms with Crippen LogP contribution in [0.2, 0.25) is 0 Å². The van der Waals surface area contributed by atoms with E-state index in [9.17, 15) is 28.1 Å². The van der Waals surface area contributed by atoms with Gasteiger partial charge in [0.15, 0.2) is 11.5 Å². The van der Waals surface area contributed by atoms with E-state index in [0.717, 1.165) is 12.1 Å². The van der Waals surface area contributed by atoms with Crippen molar-refractivity contribution in [2.45, 2.75) is 25.7 Å². The summed E-state index contributed by atoms with van der Waals surface area (Å²) in [5.74, 6) is -3.79. The molecule has 0 unspecified atom stereocenters. The summed E-state index contributed by atoms with van der Waals surface area (Å²) < 4.78 is 41.5. The van der Waals surface area contributed by atoms with Gasteiger partial charge in [0.25, 0.3) is 11.6 Å². The van der Waals surface area contributed by atoms with Crippen molar-refractivity contribution in [1.29, 1.82) is 0 Å².